The van der Waals surface area contributed by atoms with E-state index in [1.165, 1.54) is 6.07 Å². The number of aromatic carboxylic acids is 1. The number of hydrogen-bond donors (Lipinski definition) is 5. The number of fused-ring (bicyclic) bond motifs is 2. The molecular weight excluding hydrogens is 671 g/mol. The molecule has 14 heteroatoms. The summed E-state index contributed by atoms with van der Waals surface area (Å²) in [6.45, 7) is 4.32. The number of benzene rings is 3. The van der Waals surface area contributed by atoms with Gasteiger partial charge in [-0.25, -0.2) is 14.2 Å². The normalized spacial score (nSPS) is 20.7. The van der Waals surface area contributed by atoms with E-state index in [9.17, 15) is 14.3 Å². The Hall–Kier alpha value is -3.82. The Bertz CT molecular complexity index is 1830. The van der Waals surface area contributed by atoms with E-state index < -0.39 is 42.9 Å². The Morgan fingerprint density at radius 1 is 1.06 bits per heavy atom. The van der Waals surface area contributed by atoms with Crippen molar-refractivity contribution in [2.45, 2.75) is 62.6 Å². The second kappa shape index (κ2) is 14.8. The number of carbonyl (C=O) groups is 1. The van der Waals surface area contributed by atoms with E-state index in [1.807, 2.05) is 12.1 Å². The van der Waals surface area contributed by atoms with Crippen LogP contribution < -0.4 is 15.2 Å². The first-order valence-corrected chi connectivity index (χ1v) is 17.0. The number of ether oxygens (including phenoxy) is 3. The van der Waals surface area contributed by atoms with E-state index in [1.54, 1.807) is 37.3 Å². The van der Waals surface area contributed by atoms with Gasteiger partial charge in [-0.05, 0) is 80.7 Å². The van der Waals surface area contributed by atoms with Gasteiger partial charge >= 0.3 is 5.97 Å². The van der Waals surface area contributed by atoms with Crippen LogP contribution in [0, 0.1) is 5.82 Å². The van der Waals surface area contributed by atoms with Gasteiger partial charge in [-0.15, -0.1) is 0 Å². The summed E-state index contributed by atoms with van der Waals surface area (Å²) in [4.78, 5) is 18.9. The fraction of sp³-hybridized carbons (Fsp3) is 0.444. The molecule has 0 aliphatic carbocycles. The van der Waals surface area contributed by atoms with Gasteiger partial charge in [-0.3, -0.25) is 4.90 Å². The fourth-order valence-corrected chi connectivity index (χ4v) is 6.61. The first kappa shape index (κ1) is 36.0. The van der Waals surface area contributed by atoms with Crippen molar-refractivity contribution in [3.8, 4) is 11.5 Å². The smallest absolute Gasteiger partial charge is 0.335 e. The van der Waals surface area contributed by atoms with Crippen molar-refractivity contribution in [3.05, 3.63) is 88.0 Å². The highest BCUT2D eigenvalue weighted by atomic mass is 35.5. The predicted molar refractivity (Wildman–Crippen MR) is 183 cm³/mol. The summed E-state index contributed by atoms with van der Waals surface area (Å²) >= 11 is 5.97. The maximum absolute atomic E-state index is 14.8. The second-order valence-corrected chi connectivity index (χ2v) is 13.7. The lowest BCUT2D eigenvalue weighted by atomic mass is 9.88. The summed E-state index contributed by atoms with van der Waals surface area (Å²) in [5, 5.41) is 34.9. The van der Waals surface area contributed by atoms with Gasteiger partial charge in [-0.1, -0.05) is 23.7 Å². The van der Waals surface area contributed by atoms with Crippen LogP contribution in [-0.2, 0) is 23.6 Å². The Morgan fingerprint density at radius 3 is 2.38 bits per heavy atom. The number of imidazole rings is 1. The zero-order valence-corrected chi connectivity index (χ0v) is 28.5. The number of likely N-dealkylation sites (tertiary alicyclic amines) is 1. The minimum atomic E-state index is -1.28. The SMILES string of the molecule is C[C@]1(c2ccc(Cl)cc2F)Oc2cccc(C3CCN(Cc4nc5ccc(C(=O)O)cc5n4C[C@@H]4CCO4)CC3)c2O1.NC(CO)(CO)CO. The lowest BCUT2D eigenvalue weighted by molar-refractivity contribution is -0.0712. The molecule has 0 saturated carbocycles. The third-order valence-corrected chi connectivity index (χ3v) is 9.86. The maximum atomic E-state index is 14.8. The Labute approximate surface area is 293 Å². The molecule has 3 aliphatic rings. The van der Waals surface area contributed by atoms with Crippen LogP contribution in [0.15, 0.2) is 54.6 Å². The molecule has 7 rings (SSSR count). The van der Waals surface area contributed by atoms with Gasteiger partial charge in [0.05, 0.1) is 66.7 Å². The van der Waals surface area contributed by atoms with Gasteiger partial charge in [0.15, 0.2) is 11.5 Å². The number of halogens is 2. The molecule has 1 aromatic heterocycles. The number of nitrogens with two attached hydrogens (primary N) is 1. The molecule has 2 saturated heterocycles. The first-order chi connectivity index (χ1) is 24.0. The second-order valence-electron chi connectivity index (χ2n) is 13.3. The van der Waals surface area contributed by atoms with E-state index in [2.05, 4.69) is 15.5 Å². The standard InChI is InChI=1S/C32H31ClFN3O5.C4H11NO3/c1-32(24-7-6-21(33)16-25(24)34)41-28-4-2-3-23(30(28)42-32)19-9-12-36(13-10-19)18-29-35-26-8-5-20(31(38)39)15-27(26)37(29)17-22-11-14-40-22;5-4(1-6,2-7)3-8/h2-8,15-16,19,22H,9-14,17-18H2,1H3,(H,38,39);6-8H,1-3,5H2/t22-,32-;/m0./s1. The molecule has 2 atom stereocenters. The summed E-state index contributed by atoms with van der Waals surface area (Å²) in [5.41, 5.74) is 7.18. The number of carboxylic acid groups (broad SMARTS) is 1. The van der Waals surface area contributed by atoms with Crippen LogP contribution in [0.1, 0.15) is 59.4 Å². The number of hydrogen-bond acceptors (Lipinski definition) is 10. The van der Waals surface area contributed by atoms with Crippen LogP contribution in [-0.4, -0.2) is 92.0 Å². The quantitative estimate of drug-likeness (QED) is 0.161. The lowest BCUT2D eigenvalue weighted by Crippen LogP contribution is -2.50. The molecule has 2 fully saturated rings. The highest BCUT2D eigenvalue weighted by molar-refractivity contribution is 6.30. The van der Waals surface area contributed by atoms with E-state index in [0.717, 1.165) is 61.4 Å². The molecule has 0 unspecified atom stereocenters. The molecule has 0 bridgehead atoms. The van der Waals surface area contributed by atoms with Crippen molar-refractivity contribution in [1.82, 2.24) is 14.5 Å². The van der Waals surface area contributed by atoms with Crippen LogP contribution in [0.4, 0.5) is 4.39 Å². The predicted octanol–water partition coefficient (Wildman–Crippen LogP) is 4.00. The fourth-order valence-electron chi connectivity index (χ4n) is 6.45. The Morgan fingerprint density at radius 2 is 1.78 bits per heavy atom. The van der Waals surface area contributed by atoms with E-state index in [-0.39, 0.29) is 17.6 Å². The van der Waals surface area contributed by atoms with Crippen LogP contribution >= 0.6 is 11.6 Å². The van der Waals surface area contributed by atoms with Gasteiger partial charge in [-0.2, -0.15) is 0 Å². The van der Waals surface area contributed by atoms with E-state index in [4.69, 9.17) is 51.8 Å². The van der Waals surface area contributed by atoms with Gasteiger partial charge in [0.25, 0.3) is 5.79 Å². The van der Waals surface area contributed by atoms with Crippen LogP contribution in [0.3, 0.4) is 0 Å². The monoisotopic (exact) mass is 712 g/mol. The highest BCUT2D eigenvalue weighted by Crippen LogP contribution is 2.50. The Balaban J connectivity index is 0.000000485. The number of aliphatic hydroxyl groups excluding tert-OH is 3. The molecule has 4 aromatic rings. The molecular formula is C36H42ClFN4O8. The molecule has 0 radical (unpaired) electrons. The average Bonchev–Trinajstić information content (AvgIpc) is 3.62. The van der Waals surface area contributed by atoms with Crippen molar-refractivity contribution < 1.29 is 43.8 Å². The molecule has 50 heavy (non-hydrogen) atoms. The van der Waals surface area contributed by atoms with Crippen molar-refractivity contribution >= 4 is 28.6 Å². The number of carboxylic acids is 1. The van der Waals surface area contributed by atoms with E-state index in [0.29, 0.717) is 35.2 Å². The third kappa shape index (κ3) is 7.45. The number of nitrogens with zero attached hydrogens (tertiary/aromatic N) is 3. The summed E-state index contributed by atoms with van der Waals surface area (Å²) in [7, 11) is 0. The molecule has 0 amide bonds. The van der Waals surface area contributed by atoms with Crippen LogP contribution in [0.5, 0.6) is 11.5 Å². The van der Waals surface area contributed by atoms with Crippen molar-refractivity contribution in [1.29, 1.82) is 0 Å². The maximum Gasteiger partial charge on any atom is 0.335 e. The number of rotatable bonds is 10. The molecule has 3 aliphatic heterocycles. The molecule has 268 valence electrons. The summed E-state index contributed by atoms with van der Waals surface area (Å²) in [6, 6.07) is 15.5. The number of aromatic nitrogens is 2. The minimum Gasteiger partial charge on any atom is -0.478 e. The van der Waals surface area contributed by atoms with Crippen LogP contribution in [0.2, 0.25) is 5.02 Å². The Kier molecular flexibility index (Phi) is 10.7. The summed E-state index contributed by atoms with van der Waals surface area (Å²) in [6.07, 6.45) is 2.94. The van der Waals surface area contributed by atoms with Gasteiger partial charge < -0.3 is 44.9 Å². The zero-order valence-electron chi connectivity index (χ0n) is 27.7. The van der Waals surface area contributed by atoms with Gasteiger partial charge in [0.2, 0.25) is 0 Å². The molecule has 4 heterocycles. The topological polar surface area (TPSA) is 173 Å². The number of piperidine rings is 1. The van der Waals surface area contributed by atoms with Crippen LogP contribution in [0.25, 0.3) is 11.0 Å². The zero-order chi connectivity index (χ0) is 35.6. The van der Waals surface area contributed by atoms with Gasteiger partial charge in [0, 0.05) is 24.1 Å². The first-order valence-electron chi connectivity index (χ1n) is 16.6. The average molecular weight is 713 g/mol. The third-order valence-electron chi connectivity index (χ3n) is 9.62. The molecule has 0 spiro atoms. The highest BCUT2D eigenvalue weighted by Gasteiger charge is 2.43. The molecule has 6 N–H and O–H groups in total. The minimum absolute atomic E-state index is 0.120. The summed E-state index contributed by atoms with van der Waals surface area (Å²) in [5.74, 6) is -0.242. The molecule has 3 aromatic carbocycles. The number of para-hydroxylation sites is 1. The van der Waals surface area contributed by atoms with Crippen molar-refractivity contribution in [3.63, 3.8) is 0 Å². The summed E-state index contributed by atoms with van der Waals surface area (Å²) < 4.78 is 35.2. The van der Waals surface area contributed by atoms with Crippen molar-refractivity contribution in [2.24, 2.45) is 5.73 Å². The molecule has 12 nitrogen and oxygen atoms in total. The van der Waals surface area contributed by atoms with E-state index >= 15 is 0 Å². The van der Waals surface area contributed by atoms with Crippen molar-refractivity contribution in [2.75, 3.05) is 39.5 Å². The number of aliphatic hydroxyl groups is 3. The lowest BCUT2D eigenvalue weighted by Gasteiger charge is -2.33. The largest absolute Gasteiger partial charge is 0.478 e. The van der Waals surface area contributed by atoms with Gasteiger partial charge in [0.1, 0.15) is 11.6 Å².